The van der Waals surface area contributed by atoms with Crippen molar-refractivity contribution in [2.24, 2.45) is 0 Å². The van der Waals surface area contributed by atoms with Gasteiger partial charge in [0.15, 0.2) is 5.82 Å². The van der Waals surface area contributed by atoms with Gasteiger partial charge in [-0.2, -0.15) is 4.98 Å². The first-order valence-electron chi connectivity index (χ1n) is 8.14. The highest BCUT2D eigenvalue weighted by atomic mass is 16.5. The average molecular weight is 355 g/mol. The van der Waals surface area contributed by atoms with Crippen LogP contribution in [0.4, 0.5) is 4.79 Å². The van der Waals surface area contributed by atoms with Gasteiger partial charge in [-0.15, -0.1) is 0 Å². The van der Waals surface area contributed by atoms with Crippen molar-refractivity contribution in [2.45, 2.75) is 6.04 Å². The normalized spacial score (nSPS) is 17.4. The van der Waals surface area contributed by atoms with Gasteiger partial charge in [0.1, 0.15) is 5.56 Å². The predicted octanol–water partition coefficient (Wildman–Crippen LogP) is 1.92. The Bertz CT molecular complexity index is 957. The van der Waals surface area contributed by atoms with Crippen molar-refractivity contribution in [1.29, 1.82) is 0 Å². The summed E-state index contributed by atoms with van der Waals surface area (Å²) in [6.45, 7) is 1.22. The fourth-order valence-corrected chi connectivity index (χ4v) is 2.99. The SMILES string of the molecule is COc1nc2ccccc2cc1-c1nc([C@@H]2CN(C(=O)O)CCN2)no1. The van der Waals surface area contributed by atoms with E-state index in [9.17, 15) is 4.79 Å². The third-order valence-electron chi connectivity index (χ3n) is 4.31. The molecule has 1 atom stereocenters. The minimum atomic E-state index is -0.958. The number of rotatable bonds is 3. The van der Waals surface area contributed by atoms with Crippen molar-refractivity contribution in [3.8, 4) is 17.3 Å². The molecule has 1 amide bonds. The predicted molar refractivity (Wildman–Crippen MR) is 91.9 cm³/mol. The maximum absolute atomic E-state index is 11.2. The van der Waals surface area contributed by atoms with Crippen LogP contribution in [0, 0.1) is 0 Å². The molecular formula is C17H17N5O4. The molecule has 3 aromatic rings. The number of benzene rings is 1. The number of nitrogens with one attached hydrogen (secondary N) is 1. The van der Waals surface area contributed by atoms with Crippen LogP contribution in [0.1, 0.15) is 11.9 Å². The molecule has 9 nitrogen and oxygen atoms in total. The molecule has 4 rings (SSSR count). The molecule has 1 aliphatic rings. The van der Waals surface area contributed by atoms with Crippen LogP contribution in [0.15, 0.2) is 34.9 Å². The molecule has 1 saturated heterocycles. The second-order valence-corrected chi connectivity index (χ2v) is 5.93. The molecule has 0 unspecified atom stereocenters. The Morgan fingerprint density at radius 1 is 1.38 bits per heavy atom. The first kappa shape index (κ1) is 16.3. The lowest BCUT2D eigenvalue weighted by molar-refractivity contribution is 0.127. The van der Waals surface area contributed by atoms with Gasteiger partial charge < -0.3 is 24.6 Å². The van der Waals surface area contributed by atoms with Gasteiger partial charge in [0.05, 0.1) is 18.7 Å². The number of piperazine rings is 1. The number of methoxy groups -OCH3 is 1. The Morgan fingerprint density at radius 3 is 3.04 bits per heavy atom. The fraction of sp³-hybridized carbons (Fsp3) is 0.294. The van der Waals surface area contributed by atoms with Gasteiger partial charge >= 0.3 is 6.09 Å². The molecule has 26 heavy (non-hydrogen) atoms. The zero-order valence-corrected chi connectivity index (χ0v) is 14.0. The first-order chi connectivity index (χ1) is 12.7. The van der Waals surface area contributed by atoms with E-state index >= 15 is 0 Å². The van der Waals surface area contributed by atoms with Crippen molar-refractivity contribution < 1.29 is 19.2 Å². The number of fused-ring (bicyclic) bond motifs is 1. The minimum Gasteiger partial charge on any atom is -0.480 e. The van der Waals surface area contributed by atoms with E-state index in [0.29, 0.717) is 30.4 Å². The van der Waals surface area contributed by atoms with E-state index < -0.39 is 6.09 Å². The Kier molecular flexibility index (Phi) is 4.13. The van der Waals surface area contributed by atoms with Crippen LogP contribution >= 0.6 is 0 Å². The largest absolute Gasteiger partial charge is 0.480 e. The number of pyridine rings is 1. The highest BCUT2D eigenvalue weighted by Crippen LogP contribution is 2.31. The van der Waals surface area contributed by atoms with E-state index in [1.165, 1.54) is 12.0 Å². The van der Waals surface area contributed by atoms with E-state index in [4.69, 9.17) is 14.4 Å². The van der Waals surface area contributed by atoms with Crippen molar-refractivity contribution in [1.82, 2.24) is 25.3 Å². The molecule has 134 valence electrons. The number of para-hydroxylation sites is 1. The van der Waals surface area contributed by atoms with Crippen LogP contribution in [0.2, 0.25) is 0 Å². The molecule has 2 N–H and O–H groups in total. The van der Waals surface area contributed by atoms with Crippen molar-refractivity contribution in [2.75, 3.05) is 26.7 Å². The smallest absolute Gasteiger partial charge is 0.407 e. The van der Waals surface area contributed by atoms with Gasteiger partial charge in [-0.3, -0.25) is 0 Å². The third kappa shape index (κ3) is 2.93. The lowest BCUT2D eigenvalue weighted by Gasteiger charge is -2.29. The number of hydrogen-bond acceptors (Lipinski definition) is 7. The zero-order valence-electron chi connectivity index (χ0n) is 14.0. The molecule has 2 aromatic heterocycles. The minimum absolute atomic E-state index is 0.265. The summed E-state index contributed by atoms with van der Waals surface area (Å²) in [6.07, 6.45) is -0.958. The topological polar surface area (TPSA) is 114 Å². The van der Waals surface area contributed by atoms with Crippen LogP contribution in [0.25, 0.3) is 22.4 Å². The molecule has 1 aliphatic heterocycles. The van der Waals surface area contributed by atoms with Crippen LogP contribution in [0.5, 0.6) is 5.88 Å². The Labute approximate surface area is 148 Å². The van der Waals surface area contributed by atoms with E-state index in [1.807, 2.05) is 30.3 Å². The third-order valence-corrected chi connectivity index (χ3v) is 4.31. The number of aromatic nitrogens is 3. The first-order valence-corrected chi connectivity index (χ1v) is 8.14. The number of carboxylic acid groups (broad SMARTS) is 1. The number of carbonyl (C=O) groups is 1. The average Bonchev–Trinajstić information content (AvgIpc) is 3.17. The molecular weight excluding hydrogens is 338 g/mol. The van der Waals surface area contributed by atoms with E-state index in [2.05, 4.69) is 20.4 Å². The quantitative estimate of drug-likeness (QED) is 0.732. The fourth-order valence-electron chi connectivity index (χ4n) is 2.99. The van der Waals surface area contributed by atoms with E-state index in [0.717, 1.165) is 10.9 Å². The summed E-state index contributed by atoms with van der Waals surface area (Å²) in [5, 5.41) is 17.3. The summed E-state index contributed by atoms with van der Waals surface area (Å²) < 4.78 is 10.8. The molecule has 0 saturated carbocycles. The summed E-state index contributed by atoms with van der Waals surface area (Å²) in [5.74, 6) is 1.08. The van der Waals surface area contributed by atoms with Gasteiger partial charge in [0.25, 0.3) is 5.89 Å². The highest BCUT2D eigenvalue weighted by Gasteiger charge is 2.28. The van der Waals surface area contributed by atoms with Gasteiger partial charge in [0, 0.05) is 25.0 Å². The van der Waals surface area contributed by atoms with Crippen molar-refractivity contribution >= 4 is 17.0 Å². The molecule has 0 aliphatic carbocycles. The number of hydrogen-bond donors (Lipinski definition) is 2. The summed E-state index contributed by atoms with van der Waals surface area (Å²) >= 11 is 0. The Morgan fingerprint density at radius 2 is 2.23 bits per heavy atom. The zero-order chi connectivity index (χ0) is 18.1. The second-order valence-electron chi connectivity index (χ2n) is 5.93. The highest BCUT2D eigenvalue weighted by molar-refractivity contribution is 5.84. The van der Waals surface area contributed by atoms with Crippen LogP contribution < -0.4 is 10.1 Å². The molecule has 0 spiro atoms. The van der Waals surface area contributed by atoms with Crippen molar-refractivity contribution in [3.05, 3.63) is 36.2 Å². The monoisotopic (exact) mass is 355 g/mol. The second kappa shape index (κ2) is 6.60. The number of amides is 1. The number of nitrogens with zero attached hydrogens (tertiary/aromatic N) is 4. The Balaban J connectivity index is 1.67. The number of ether oxygens (including phenoxy) is 1. The molecule has 9 heteroatoms. The maximum atomic E-state index is 11.2. The van der Waals surface area contributed by atoms with Gasteiger partial charge in [-0.25, -0.2) is 9.78 Å². The summed E-state index contributed by atoms with van der Waals surface area (Å²) in [5.41, 5.74) is 1.40. The molecule has 0 bridgehead atoms. The summed E-state index contributed by atoms with van der Waals surface area (Å²) in [6, 6.07) is 9.23. The molecule has 1 aromatic carbocycles. The summed E-state index contributed by atoms with van der Waals surface area (Å²) in [4.78, 5) is 21.4. The van der Waals surface area contributed by atoms with Crippen LogP contribution in [-0.4, -0.2) is 58.0 Å². The van der Waals surface area contributed by atoms with Crippen molar-refractivity contribution in [3.63, 3.8) is 0 Å². The summed E-state index contributed by atoms with van der Waals surface area (Å²) in [7, 11) is 1.53. The maximum Gasteiger partial charge on any atom is 0.407 e. The molecule has 3 heterocycles. The lowest BCUT2D eigenvalue weighted by Crippen LogP contribution is -2.48. The van der Waals surface area contributed by atoms with Crippen LogP contribution in [0.3, 0.4) is 0 Å². The molecule has 1 fully saturated rings. The Hall–Kier alpha value is -3.20. The lowest BCUT2D eigenvalue weighted by atomic mass is 10.1. The standard InChI is InChI=1S/C17H17N5O4/c1-25-15-11(8-10-4-2-3-5-12(10)19-15)16-20-14(21-26-16)13-9-22(17(23)24)7-6-18-13/h2-5,8,13,18H,6-7,9H2,1H3,(H,23,24)/t13-/m0/s1. The van der Waals surface area contributed by atoms with E-state index in [1.54, 1.807) is 0 Å². The molecule has 0 radical (unpaired) electrons. The van der Waals surface area contributed by atoms with Gasteiger partial charge in [-0.1, -0.05) is 23.4 Å². The van der Waals surface area contributed by atoms with E-state index in [-0.39, 0.29) is 18.5 Å². The van der Waals surface area contributed by atoms with Gasteiger partial charge in [-0.05, 0) is 12.1 Å². The van der Waals surface area contributed by atoms with Gasteiger partial charge in [0.2, 0.25) is 5.88 Å². The van der Waals surface area contributed by atoms with Crippen LogP contribution in [-0.2, 0) is 0 Å².